The minimum Gasteiger partial charge on any atom is -0.113 e. The monoisotopic (exact) mass is 258 g/mol. The summed E-state index contributed by atoms with van der Waals surface area (Å²) in [5.74, 6) is 0. The summed E-state index contributed by atoms with van der Waals surface area (Å²) in [5, 5.41) is -0.0606. The lowest BCUT2D eigenvalue weighted by Gasteiger charge is -2.13. The first-order valence-corrected chi connectivity index (χ1v) is 6.85. The van der Waals surface area contributed by atoms with Crippen LogP contribution in [0.15, 0.2) is 42.5 Å². The van der Waals surface area contributed by atoms with Gasteiger partial charge >= 0.3 is 0 Å². The maximum atomic E-state index is 6.57. The number of rotatable bonds is 3. The lowest BCUT2D eigenvalue weighted by atomic mass is 9.99. The number of aryl methyl sites for hydroxylation is 3. The first kappa shape index (κ1) is 13.2. The average Bonchev–Trinajstić information content (AvgIpc) is 2.37. The quantitative estimate of drug-likeness (QED) is 0.665. The van der Waals surface area contributed by atoms with Gasteiger partial charge in [-0.05, 0) is 37.0 Å². The minimum absolute atomic E-state index is 0.0606. The molecule has 0 saturated heterocycles. The standard InChI is InChI=1S/C17H19Cl/c1-4-14-5-7-15(8-6-14)17(18)16-10-12(2)9-13(3)11-16/h5-11,17H,4H2,1-3H3. The van der Waals surface area contributed by atoms with Gasteiger partial charge in [-0.25, -0.2) is 0 Å². The highest BCUT2D eigenvalue weighted by molar-refractivity contribution is 6.22. The van der Waals surface area contributed by atoms with E-state index in [4.69, 9.17) is 11.6 Å². The van der Waals surface area contributed by atoms with Crippen LogP contribution in [0.5, 0.6) is 0 Å². The third kappa shape index (κ3) is 2.94. The smallest absolute Gasteiger partial charge is 0.0835 e. The molecule has 0 amide bonds. The average molecular weight is 259 g/mol. The molecule has 0 fully saturated rings. The molecule has 1 unspecified atom stereocenters. The summed E-state index contributed by atoms with van der Waals surface area (Å²) in [6.07, 6.45) is 1.07. The van der Waals surface area contributed by atoms with Crippen LogP contribution in [0.3, 0.4) is 0 Å². The number of hydrogen-bond donors (Lipinski definition) is 0. The van der Waals surface area contributed by atoms with E-state index in [1.54, 1.807) is 0 Å². The molecule has 2 rings (SSSR count). The van der Waals surface area contributed by atoms with Crippen molar-refractivity contribution in [3.63, 3.8) is 0 Å². The Morgan fingerprint density at radius 2 is 1.44 bits per heavy atom. The summed E-state index contributed by atoms with van der Waals surface area (Å²) in [6, 6.07) is 15.1. The Hall–Kier alpha value is -1.27. The van der Waals surface area contributed by atoms with Crippen LogP contribution in [0.2, 0.25) is 0 Å². The molecule has 94 valence electrons. The first-order valence-electron chi connectivity index (χ1n) is 6.41. The Morgan fingerprint density at radius 3 is 1.94 bits per heavy atom. The zero-order valence-corrected chi connectivity index (χ0v) is 12.0. The van der Waals surface area contributed by atoms with Crippen LogP contribution < -0.4 is 0 Å². The molecule has 0 aliphatic rings. The molecule has 0 nitrogen and oxygen atoms in total. The van der Waals surface area contributed by atoms with Gasteiger partial charge in [-0.1, -0.05) is 60.5 Å². The first-order chi connectivity index (χ1) is 8.60. The van der Waals surface area contributed by atoms with Crippen molar-refractivity contribution in [3.05, 3.63) is 70.3 Å². The van der Waals surface area contributed by atoms with Crippen molar-refractivity contribution in [3.8, 4) is 0 Å². The van der Waals surface area contributed by atoms with Crippen LogP contribution >= 0.6 is 11.6 Å². The molecular weight excluding hydrogens is 240 g/mol. The van der Waals surface area contributed by atoms with Crippen molar-refractivity contribution in [2.24, 2.45) is 0 Å². The maximum absolute atomic E-state index is 6.57. The molecule has 0 heterocycles. The van der Waals surface area contributed by atoms with Crippen molar-refractivity contribution in [1.29, 1.82) is 0 Å². The Labute approximate surface area is 115 Å². The van der Waals surface area contributed by atoms with Gasteiger partial charge in [0.25, 0.3) is 0 Å². The van der Waals surface area contributed by atoms with Crippen LogP contribution in [-0.2, 0) is 6.42 Å². The highest BCUT2D eigenvalue weighted by Gasteiger charge is 2.11. The van der Waals surface area contributed by atoms with Gasteiger partial charge < -0.3 is 0 Å². The van der Waals surface area contributed by atoms with Crippen molar-refractivity contribution in [2.45, 2.75) is 32.6 Å². The molecule has 18 heavy (non-hydrogen) atoms. The predicted molar refractivity (Wildman–Crippen MR) is 79.4 cm³/mol. The molecule has 0 spiro atoms. The molecule has 0 bridgehead atoms. The number of benzene rings is 2. The van der Waals surface area contributed by atoms with Crippen molar-refractivity contribution in [1.82, 2.24) is 0 Å². The normalized spacial score (nSPS) is 12.4. The van der Waals surface area contributed by atoms with E-state index < -0.39 is 0 Å². The molecule has 0 radical (unpaired) electrons. The molecule has 0 N–H and O–H groups in total. The van der Waals surface area contributed by atoms with Crippen LogP contribution in [0.4, 0.5) is 0 Å². The molecule has 0 aliphatic carbocycles. The Bertz CT molecular complexity index is 506. The van der Waals surface area contributed by atoms with Gasteiger partial charge in [0.15, 0.2) is 0 Å². The van der Waals surface area contributed by atoms with Crippen molar-refractivity contribution in [2.75, 3.05) is 0 Å². The fourth-order valence-corrected chi connectivity index (χ4v) is 2.54. The Balaban J connectivity index is 2.31. The fraction of sp³-hybridized carbons (Fsp3) is 0.294. The molecule has 1 atom stereocenters. The topological polar surface area (TPSA) is 0 Å². The summed E-state index contributed by atoms with van der Waals surface area (Å²) < 4.78 is 0. The molecule has 1 heteroatoms. The lowest BCUT2D eigenvalue weighted by molar-refractivity contribution is 1.09. The fourth-order valence-electron chi connectivity index (χ4n) is 2.27. The van der Waals surface area contributed by atoms with E-state index in [0.717, 1.165) is 6.42 Å². The number of alkyl halides is 1. The second-order valence-corrected chi connectivity index (χ2v) is 5.32. The zero-order chi connectivity index (χ0) is 13.1. The predicted octanol–water partition coefficient (Wildman–Crippen LogP) is 5.19. The summed E-state index contributed by atoms with van der Waals surface area (Å²) in [6.45, 7) is 6.39. The summed E-state index contributed by atoms with van der Waals surface area (Å²) in [7, 11) is 0. The van der Waals surface area contributed by atoms with E-state index in [1.165, 1.54) is 27.8 Å². The van der Waals surface area contributed by atoms with Gasteiger partial charge in [0.2, 0.25) is 0 Å². The van der Waals surface area contributed by atoms with E-state index in [9.17, 15) is 0 Å². The molecule has 0 aliphatic heterocycles. The van der Waals surface area contributed by atoms with E-state index in [2.05, 4.69) is 63.2 Å². The lowest BCUT2D eigenvalue weighted by Crippen LogP contribution is -1.95. The maximum Gasteiger partial charge on any atom is 0.0835 e. The second-order valence-electron chi connectivity index (χ2n) is 4.88. The van der Waals surface area contributed by atoms with Crippen LogP contribution in [-0.4, -0.2) is 0 Å². The highest BCUT2D eigenvalue weighted by Crippen LogP contribution is 2.30. The molecule has 2 aromatic rings. The molecule has 2 aromatic carbocycles. The van der Waals surface area contributed by atoms with Gasteiger partial charge in [-0.2, -0.15) is 0 Å². The molecular formula is C17H19Cl. The molecule has 0 saturated carbocycles. The van der Waals surface area contributed by atoms with Gasteiger partial charge in [0, 0.05) is 0 Å². The van der Waals surface area contributed by atoms with Gasteiger partial charge in [0.05, 0.1) is 5.38 Å². The highest BCUT2D eigenvalue weighted by atomic mass is 35.5. The van der Waals surface area contributed by atoms with Crippen LogP contribution in [0.1, 0.15) is 40.1 Å². The van der Waals surface area contributed by atoms with Gasteiger partial charge in [-0.3, -0.25) is 0 Å². The number of halogens is 1. The van der Waals surface area contributed by atoms with Crippen LogP contribution in [0.25, 0.3) is 0 Å². The van der Waals surface area contributed by atoms with E-state index in [-0.39, 0.29) is 5.38 Å². The van der Waals surface area contributed by atoms with Crippen LogP contribution in [0, 0.1) is 13.8 Å². The third-order valence-corrected chi connectivity index (χ3v) is 3.72. The third-order valence-electron chi connectivity index (χ3n) is 3.22. The van der Waals surface area contributed by atoms with Crippen molar-refractivity contribution >= 4 is 11.6 Å². The van der Waals surface area contributed by atoms with Gasteiger partial charge in [-0.15, -0.1) is 11.6 Å². The minimum atomic E-state index is -0.0606. The van der Waals surface area contributed by atoms with Crippen molar-refractivity contribution < 1.29 is 0 Å². The SMILES string of the molecule is CCc1ccc(C(Cl)c2cc(C)cc(C)c2)cc1. The largest absolute Gasteiger partial charge is 0.113 e. The molecule has 0 aromatic heterocycles. The number of hydrogen-bond acceptors (Lipinski definition) is 0. The van der Waals surface area contributed by atoms with E-state index in [0.29, 0.717) is 0 Å². The van der Waals surface area contributed by atoms with E-state index in [1.807, 2.05) is 0 Å². The summed E-state index contributed by atoms with van der Waals surface area (Å²) >= 11 is 6.57. The summed E-state index contributed by atoms with van der Waals surface area (Å²) in [4.78, 5) is 0. The second kappa shape index (κ2) is 5.58. The van der Waals surface area contributed by atoms with E-state index >= 15 is 0 Å². The summed E-state index contributed by atoms with van der Waals surface area (Å²) in [5.41, 5.74) is 6.22. The Morgan fingerprint density at radius 1 is 0.889 bits per heavy atom. The Kier molecular flexibility index (Phi) is 4.08. The van der Waals surface area contributed by atoms with Gasteiger partial charge in [0.1, 0.15) is 0 Å². The zero-order valence-electron chi connectivity index (χ0n) is 11.2.